The van der Waals surface area contributed by atoms with Crippen molar-refractivity contribution in [2.45, 2.75) is 31.2 Å². The van der Waals surface area contributed by atoms with Crippen LogP contribution in [0.4, 0.5) is 5.69 Å². The highest BCUT2D eigenvalue weighted by atomic mass is 32.2. The summed E-state index contributed by atoms with van der Waals surface area (Å²) in [6.45, 7) is 3.33. The molecular weight excluding hydrogens is 462 g/mol. The number of carbonyl (C=O) groups excluding carboxylic acids is 2. The van der Waals surface area contributed by atoms with Crippen LogP contribution in [-0.4, -0.2) is 38.2 Å². The van der Waals surface area contributed by atoms with Crippen LogP contribution in [0.2, 0.25) is 0 Å². The minimum Gasteiger partial charge on any atom is -0.352 e. The van der Waals surface area contributed by atoms with Crippen molar-refractivity contribution in [1.29, 1.82) is 0 Å². The van der Waals surface area contributed by atoms with E-state index in [0.717, 1.165) is 11.1 Å². The van der Waals surface area contributed by atoms with Crippen molar-refractivity contribution in [1.82, 2.24) is 10.2 Å². The number of anilines is 1. The van der Waals surface area contributed by atoms with E-state index in [1.54, 1.807) is 53.4 Å². The molecule has 1 heterocycles. The summed E-state index contributed by atoms with van der Waals surface area (Å²) in [7, 11) is -3.76. The summed E-state index contributed by atoms with van der Waals surface area (Å²) in [5.41, 5.74) is 2.74. The number of carbonyl (C=O) groups is 2. The first kappa shape index (κ1) is 24.5. The number of piperidine rings is 1. The fourth-order valence-electron chi connectivity index (χ4n) is 4.10. The molecule has 1 fully saturated rings. The van der Waals surface area contributed by atoms with Crippen LogP contribution in [0.3, 0.4) is 0 Å². The number of benzene rings is 3. The van der Waals surface area contributed by atoms with Gasteiger partial charge in [0, 0.05) is 36.8 Å². The Labute approximate surface area is 206 Å². The molecule has 182 valence electrons. The van der Waals surface area contributed by atoms with Crippen molar-refractivity contribution in [3.8, 4) is 0 Å². The van der Waals surface area contributed by atoms with Crippen molar-refractivity contribution in [2.24, 2.45) is 5.92 Å². The second-order valence-corrected chi connectivity index (χ2v) is 10.5. The van der Waals surface area contributed by atoms with Crippen LogP contribution in [0.25, 0.3) is 0 Å². The molecule has 7 nitrogen and oxygen atoms in total. The van der Waals surface area contributed by atoms with E-state index in [1.165, 1.54) is 0 Å². The lowest BCUT2D eigenvalue weighted by Crippen LogP contribution is -2.42. The normalized spacial score (nSPS) is 14.4. The molecule has 1 aliphatic rings. The smallest absolute Gasteiger partial charge is 0.261 e. The van der Waals surface area contributed by atoms with Crippen LogP contribution in [0.15, 0.2) is 83.8 Å². The first-order chi connectivity index (χ1) is 16.8. The number of nitrogens with one attached hydrogen (secondary N) is 2. The van der Waals surface area contributed by atoms with E-state index in [2.05, 4.69) is 10.0 Å². The molecule has 0 atom stereocenters. The van der Waals surface area contributed by atoms with Crippen LogP contribution in [0.1, 0.15) is 34.3 Å². The summed E-state index contributed by atoms with van der Waals surface area (Å²) >= 11 is 0. The van der Waals surface area contributed by atoms with Crippen molar-refractivity contribution >= 4 is 27.5 Å². The number of nitrogens with zero attached hydrogens (tertiary/aromatic N) is 1. The van der Waals surface area contributed by atoms with Gasteiger partial charge in [-0.3, -0.25) is 14.3 Å². The molecule has 8 heteroatoms. The molecule has 1 saturated heterocycles. The lowest BCUT2D eigenvalue weighted by molar-refractivity contribution is -0.126. The van der Waals surface area contributed by atoms with Gasteiger partial charge in [-0.2, -0.15) is 0 Å². The van der Waals surface area contributed by atoms with Crippen molar-refractivity contribution < 1.29 is 18.0 Å². The zero-order valence-corrected chi connectivity index (χ0v) is 20.4. The highest BCUT2D eigenvalue weighted by Gasteiger charge is 2.28. The predicted octanol–water partition coefficient (Wildman–Crippen LogP) is 3.96. The molecule has 35 heavy (non-hydrogen) atoms. The molecule has 0 saturated carbocycles. The average molecular weight is 492 g/mol. The molecule has 0 aliphatic carbocycles. The second kappa shape index (κ2) is 10.7. The van der Waals surface area contributed by atoms with Gasteiger partial charge in [0.05, 0.1) is 4.90 Å². The number of likely N-dealkylation sites (tertiary alicyclic amines) is 1. The quantitative estimate of drug-likeness (QED) is 0.523. The van der Waals surface area contributed by atoms with Crippen molar-refractivity contribution in [3.05, 3.63) is 95.6 Å². The Kier molecular flexibility index (Phi) is 7.51. The fourth-order valence-corrected chi connectivity index (χ4v) is 5.15. The fraction of sp³-hybridized carbons (Fsp3) is 0.259. The maximum atomic E-state index is 13.1. The maximum Gasteiger partial charge on any atom is 0.261 e. The third-order valence-electron chi connectivity index (χ3n) is 6.16. The molecule has 0 spiro atoms. The Hall–Kier alpha value is -3.65. The number of amides is 2. The number of sulfonamides is 1. The van der Waals surface area contributed by atoms with Gasteiger partial charge in [0.25, 0.3) is 15.9 Å². The highest BCUT2D eigenvalue weighted by Crippen LogP contribution is 2.22. The monoisotopic (exact) mass is 491 g/mol. The van der Waals surface area contributed by atoms with E-state index in [1.807, 2.05) is 37.3 Å². The summed E-state index contributed by atoms with van der Waals surface area (Å²) in [6, 6.07) is 22.8. The minimum absolute atomic E-state index is 0.00783. The van der Waals surface area contributed by atoms with Gasteiger partial charge in [-0.15, -0.1) is 0 Å². The van der Waals surface area contributed by atoms with E-state index in [-0.39, 0.29) is 22.6 Å². The maximum absolute atomic E-state index is 13.1. The summed E-state index contributed by atoms with van der Waals surface area (Å²) < 4.78 is 27.9. The third kappa shape index (κ3) is 6.27. The van der Waals surface area contributed by atoms with Gasteiger partial charge in [0.1, 0.15) is 0 Å². The predicted molar refractivity (Wildman–Crippen MR) is 135 cm³/mol. The first-order valence-corrected chi connectivity index (χ1v) is 13.1. The Balaban J connectivity index is 1.33. The topological polar surface area (TPSA) is 95.6 Å². The van der Waals surface area contributed by atoms with Crippen molar-refractivity contribution in [3.63, 3.8) is 0 Å². The van der Waals surface area contributed by atoms with Crippen LogP contribution in [0, 0.1) is 12.8 Å². The van der Waals surface area contributed by atoms with Crippen LogP contribution >= 0.6 is 0 Å². The average Bonchev–Trinajstić information content (AvgIpc) is 2.88. The third-order valence-corrected chi connectivity index (χ3v) is 7.55. The second-order valence-electron chi connectivity index (χ2n) is 8.77. The van der Waals surface area contributed by atoms with Gasteiger partial charge >= 0.3 is 0 Å². The summed E-state index contributed by atoms with van der Waals surface area (Å²) in [4.78, 5) is 27.5. The first-order valence-electron chi connectivity index (χ1n) is 11.6. The van der Waals surface area contributed by atoms with E-state index >= 15 is 0 Å². The SMILES string of the molecule is Cc1ccc(S(=O)(=O)Nc2cccc(C(=O)N3CCC(C(=O)NCc4ccccc4)CC3)c2)cc1. The molecule has 4 rings (SSSR count). The number of hydrogen-bond donors (Lipinski definition) is 2. The standard InChI is InChI=1S/C27H29N3O4S/c1-20-10-12-25(13-11-20)35(33,34)29-24-9-5-8-23(18-24)27(32)30-16-14-22(15-17-30)26(31)28-19-21-6-3-2-4-7-21/h2-13,18,22,29H,14-17,19H2,1H3,(H,28,31). The molecule has 0 radical (unpaired) electrons. The zero-order chi connectivity index (χ0) is 24.8. The van der Waals surface area contributed by atoms with E-state index in [0.29, 0.717) is 43.7 Å². The van der Waals surface area contributed by atoms with Gasteiger partial charge in [-0.25, -0.2) is 8.42 Å². The van der Waals surface area contributed by atoms with E-state index in [9.17, 15) is 18.0 Å². The highest BCUT2D eigenvalue weighted by molar-refractivity contribution is 7.92. The molecule has 3 aromatic carbocycles. The van der Waals surface area contributed by atoms with Gasteiger partial charge in [-0.1, -0.05) is 54.1 Å². The molecule has 1 aliphatic heterocycles. The number of rotatable bonds is 7. The van der Waals surface area contributed by atoms with Crippen LogP contribution < -0.4 is 10.0 Å². The van der Waals surface area contributed by atoms with Gasteiger partial charge in [0.2, 0.25) is 5.91 Å². The van der Waals surface area contributed by atoms with E-state index < -0.39 is 10.0 Å². The number of hydrogen-bond acceptors (Lipinski definition) is 4. The summed E-state index contributed by atoms with van der Waals surface area (Å²) in [5.74, 6) is -0.298. The lowest BCUT2D eigenvalue weighted by Gasteiger charge is -2.31. The molecular formula is C27H29N3O4S. The lowest BCUT2D eigenvalue weighted by atomic mass is 9.95. The van der Waals surface area contributed by atoms with Gasteiger partial charge in [0.15, 0.2) is 0 Å². The molecule has 0 aromatic heterocycles. The van der Waals surface area contributed by atoms with Crippen LogP contribution in [-0.2, 0) is 21.4 Å². The summed E-state index contributed by atoms with van der Waals surface area (Å²) in [5, 5.41) is 2.98. The Morgan fingerprint density at radius 2 is 1.60 bits per heavy atom. The minimum atomic E-state index is -3.76. The molecule has 0 bridgehead atoms. The van der Waals surface area contributed by atoms with Gasteiger partial charge < -0.3 is 10.2 Å². The largest absolute Gasteiger partial charge is 0.352 e. The Morgan fingerprint density at radius 1 is 0.914 bits per heavy atom. The Bertz CT molecular complexity index is 1280. The van der Waals surface area contributed by atoms with Crippen LogP contribution in [0.5, 0.6) is 0 Å². The van der Waals surface area contributed by atoms with Gasteiger partial charge in [-0.05, 0) is 55.7 Å². The zero-order valence-electron chi connectivity index (χ0n) is 19.6. The van der Waals surface area contributed by atoms with E-state index in [4.69, 9.17) is 0 Å². The molecule has 3 aromatic rings. The molecule has 0 unspecified atom stereocenters. The summed E-state index contributed by atoms with van der Waals surface area (Å²) in [6.07, 6.45) is 1.18. The number of aryl methyl sites for hydroxylation is 1. The van der Waals surface area contributed by atoms with Crippen molar-refractivity contribution in [2.75, 3.05) is 17.8 Å². The Morgan fingerprint density at radius 3 is 2.29 bits per heavy atom. The molecule has 2 N–H and O–H groups in total. The molecule has 2 amide bonds.